The van der Waals surface area contributed by atoms with E-state index in [1.165, 1.54) is 44.9 Å². The molecule has 0 N–H and O–H groups in total. The van der Waals surface area contributed by atoms with Crippen molar-refractivity contribution in [3.8, 4) is 5.75 Å². The zero-order chi connectivity index (χ0) is 15.0. The molecule has 0 aromatic heterocycles. The Morgan fingerprint density at radius 2 is 2.19 bits per heavy atom. The molecule has 0 radical (unpaired) electrons. The van der Waals surface area contributed by atoms with Gasteiger partial charge in [0.1, 0.15) is 11.6 Å². The highest BCUT2D eigenvalue weighted by molar-refractivity contribution is 5.94. The maximum Gasteiger partial charge on any atom is 0.256 e. The van der Waals surface area contributed by atoms with E-state index in [9.17, 15) is 9.18 Å². The standard InChI is InChI=1S/C17H22FNO2/c1-19(10-13-8-11-3-4-12(13)7-11)17(20)15-6-5-14(21-2)9-16(15)18/h5-6,9,11-13H,3-4,7-8,10H2,1-2H3. The predicted octanol–water partition coefficient (Wildman–Crippen LogP) is 3.34. The summed E-state index contributed by atoms with van der Waals surface area (Å²) in [7, 11) is 3.26. The van der Waals surface area contributed by atoms with E-state index in [-0.39, 0.29) is 11.5 Å². The lowest BCUT2D eigenvalue weighted by molar-refractivity contribution is 0.0749. The Kier molecular flexibility index (Phi) is 3.87. The first-order valence-corrected chi connectivity index (χ1v) is 7.67. The zero-order valence-electron chi connectivity index (χ0n) is 12.6. The molecule has 1 amide bonds. The Labute approximate surface area is 125 Å². The summed E-state index contributed by atoms with van der Waals surface area (Å²) in [5.41, 5.74) is 0.126. The molecule has 2 saturated carbocycles. The molecular weight excluding hydrogens is 269 g/mol. The van der Waals surface area contributed by atoms with E-state index in [0.717, 1.165) is 18.4 Å². The van der Waals surface area contributed by atoms with Gasteiger partial charge in [-0.15, -0.1) is 0 Å². The molecule has 21 heavy (non-hydrogen) atoms. The number of benzene rings is 1. The van der Waals surface area contributed by atoms with Crippen LogP contribution in [0.3, 0.4) is 0 Å². The molecule has 3 rings (SSSR count). The summed E-state index contributed by atoms with van der Waals surface area (Å²) in [6.45, 7) is 0.742. The molecule has 2 bridgehead atoms. The van der Waals surface area contributed by atoms with Crippen LogP contribution in [-0.2, 0) is 0 Å². The third-order valence-corrected chi connectivity index (χ3v) is 5.15. The highest BCUT2D eigenvalue weighted by atomic mass is 19.1. The lowest BCUT2D eigenvalue weighted by Crippen LogP contribution is -2.34. The van der Waals surface area contributed by atoms with Gasteiger partial charge in [-0.25, -0.2) is 4.39 Å². The average Bonchev–Trinajstić information content (AvgIpc) is 3.08. The second-order valence-corrected chi connectivity index (χ2v) is 6.47. The van der Waals surface area contributed by atoms with Crippen LogP contribution in [0.4, 0.5) is 4.39 Å². The molecule has 2 fully saturated rings. The van der Waals surface area contributed by atoms with Crippen molar-refractivity contribution >= 4 is 5.91 Å². The van der Waals surface area contributed by atoms with E-state index < -0.39 is 5.82 Å². The van der Waals surface area contributed by atoms with Crippen LogP contribution in [0.1, 0.15) is 36.0 Å². The van der Waals surface area contributed by atoms with Gasteiger partial charge >= 0.3 is 0 Å². The number of methoxy groups -OCH3 is 1. The van der Waals surface area contributed by atoms with Gasteiger partial charge in [-0.05, 0) is 49.1 Å². The van der Waals surface area contributed by atoms with E-state index in [2.05, 4.69) is 0 Å². The molecule has 4 heteroatoms. The summed E-state index contributed by atoms with van der Waals surface area (Å²) in [6, 6.07) is 4.40. The summed E-state index contributed by atoms with van der Waals surface area (Å²) >= 11 is 0. The molecule has 3 nitrogen and oxygen atoms in total. The van der Waals surface area contributed by atoms with Crippen molar-refractivity contribution < 1.29 is 13.9 Å². The van der Waals surface area contributed by atoms with E-state index in [0.29, 0.717) is 11.7 Å². The van der Waals surface area contributed by atoms with Gasteiger partial charge in [-0.3, -0.25) is 4.79 Å². The van der Waals surface area contributed by atoms with Gasteiger partial charge in [0.25, 0.3) is 5.91 Å². The first kappa shape index (κ1) is 14.4. The smallest absolute Gasteiger partial charge is 0.256 e. The molecule has 3 atom stereocenters. The number of nitrogens with zero attached hydrogens (tertiary/aromatic N) is 1. The average molecular weight is 291 g/mol. The monoisotopic (exact) mass is 291 g/mol. The number of hydrogen-bond donors (Lipinski definition) is 0. The second-order valence-electron chi connectivity index (χ2n) is 6.47. The maximum absolute atomic E-state index is 14.0. The Hall–Kier alpha value is -1.58. The maximum atomic E-state index is 14.0. The fourth-order valence-electron chi connectivity index (χ4n) is 4.04. The molecule has 1 aromatic carbocycles. The van der Waals surface area contributed by atoms with Gasteiger partial charge < -0.3 is 9.64 Å². The van der Waals surface area contributed by atoms with E-state index in [1.807, 2.05) is 0 Å². The second kappa shape index (κ2) is 5.66. The summed E-state index contributed by atoms with van der Waals surface area (Å²) < 4.78 is 19.0. The highest BCUT2D eigenvalue weighted by Gasteiger charge is 2.40. The Bertz CT molecular complexity index is 546. The molecule has 114 valence electrons. The Morgan fingerprint density at radius 1 is 1.38 bits per heavy atom. The zero-order valence-corrected chi connectivity index (χ0v) is 12.6. The molecule has 0 saturated heterocycles. The summed E-state index contributed by atoms with van der Waals surface area (Å²) in [5, 5.41) is 0. The molecule has 0 spiro atoms. The van der Waals surface area contributed by atoms with Crippen LogP contribution in [0.25, 0.3) is 0 Å². The lowest BCUT2D eigenvalue weighted by atomic mass is 9.88. The van der Waals surface area contributed by atoms with Gasteiger partial charge in [-0.2, -0.15) is 0 Å². The SMILES string of the molecule is COc1ccc(C(=O)N(C)CC2CC3CCC2C3)c(F)c1. The van der Waals surface area contributed by atoms with E-state index in [1.54, 1.807) is 18.0 Å². The minimum Gasteiger partial charge on any atom is -0.497 e. The lowest BCUT2D eigenvalue weighted by Gasteiger charge is -2.27. The minimum atomic E-state index is -0.515. The van der Waals surface area contributed by atoms with Gasteiger partial charge in [0, 0.05) is 19.7 Å². The van der Waals surface area contributed by atoms with Crippen LogP contribution >= 0.6 is 0 Å². The molecule has 3 unspecified atom stereocenters. The fourth-order valence-corrected chi connectivity index (χ4v) is 4.04. The van der Waals surface area contributed by atoms with Crippen molar-refractivity contribution in [3.05, 3.63) is 29.6 Å². The highest BCUT2D eigenvalue weighted by Crippen LogP contribution is 2.48. The van der Waals surface area contributed by atoms with Gasteiger partial charge in [-0.1, -0.05) is 6.42 Å². The molecule has 0 aliphatic heterocycles. The van der Waals surface area contributed by atoms with Crippen LogP contribution < -0.4 is 4.74 Å². The van der Waals surface area contributed by atoms with E-state index >= 15 is 0 Å². The number of carbonyl (C=O) groups excluding carboxylic acids is 1. The summed E-state index contributed by atoms with van der Waals surface area (Å²) in [6.07, 6.45) is 5.21. The van der Waals surface area contributed by atoms with Gasteiger partial charge in [0.15, 0.2) is 0 Å². The third kappa shape index (κ3) is 2.76. The van der Waals surface area contributed by atoms with Crippen LogP contribution in [0, 0.1) is 23.6 Å². The van der Waals surface area contributed by atoms with E-state index in [4.69, 9.17) is 4.74 Å². The van der Waals surface area contributed by atoms with Gasteiger partial charge in [0.05, 0.1) is 12.7 Å². The Morgan fingerprint density at radius 3 is 2.76 bits per heavy atom. The number of rotatable bonds is 4. The topological polar surface area (TPSA) is 29.5 Å². The van der Waals surface area contributed by atoms with Crippen molar-refractivity contribution in [2.75, 3.05) is 20.7 Å². The first-order chi connectivity index (χ1) is 10.1. The quantitative estimate of drug-likeness (QED) is 0.851. The molecular formula is C17H22FNO2. The number of ether oxygens (including phenoxy) is 1. The molecule has 0 heterocycles. The number of fused-ring (bicyclic) bond motifs is 2. The largest absolute Gasteiger partial charge is 0.497 e. The van der Waals surface area contributed by atoms with Crippen LogP contribution in [-0.4, -0.2) is 31.5 Å². The number of carbonyl (C=O) groups is 1. The summed E-state index contributed by atoms with van der Waals surface area (Å²) in [5.74, 6) is 1.91. The first-order valence-electron chi connectivity index (χ1n) is 7.67. The van der Waals surface area contributed by atoms with Crippen molar-refractivity contribution in [1.29, 1.82) is 0 Å². The molecule has 1 aromatic rings. The molecule has 2 aliphatic carbocycles. The third-order valence-electron chi connectivity index (χ3n) is 5.15. The van der Waals surface area contributed by atoms with Crippen LogP contribution in [0.15, 0.2) is 18.2 Å². The molecule has 2 aliphatic rings. The number of halogens is 1. The minimum absolute atomic E-state index is 0.126. The van der Waals surface area contributed by atoms with Crippen molar-refractivity contribution in [1.82, 2.24) is 4.90 Å². The Balaban J connectivity index is 1.67. The normalized spacial score (nSPS) is 26.9. The fraction of sp³-hybridized carbons (Fsp3) is 0.588. The van der Waals surface area contributed by atoms with Crippen molar-refractivity contribution in [2.45, 2.75) is 25.7 Å². The predicted molar refractivity (Wildman–Crippen MR) is 78.9 cm³/mol. The van der Waals surface area contributed by atoms with Gasteiger partial charge in [0.2, 0.25) is 0 Å². The van der Waals surface area contributed by atoms with Crippen LogP contribution in [0.5, 0.6) is 5.75 Å². The van der Waals surface area contributed by atoms with Crippen LogP contribution in [0.2, 0.25) is 0 Å². The number of hydrogen-bond acceptors (Lipinski definition) is 2. The van der Waals surface area contributed by atoms with Crippen molar-refractivity contribution in [3.63, 3.8) is 0 Å². The number of amides is 1. The van der Waals surface area contributed by atoms with Crippen molar-refractivity contribution in [2.24, 2.45) is 17.8 Å². The summed E-state index contributed by atoms with van der Waals surface area (Å²) in [4.78, 5) is 14.1.